The molecule has 0 aliphatic heterocycles. The molecule has 0 saturated carbocycles. The molecule has 0 spiro atoms. The van der Waals surface area contributed by atoms with Crippen molar-refractivity contribution in [2.45, 2.75) is 6.61 Å². The van der Waals surface area contributed by atoms with Gasteiger partial charge in [0.1, 0.15) is 24.1 Å². The number of nitriles is 1. The summed E-state index contributed by atoms with van der Waals surface area (Å²) in [4.78, 5) is 0. The van der Waals surface area contributed by atoms with Gasteiger partial charge in [-0.1, -0.05) is 23.7 Å². The van der Waals surface area contributed by atoms with E-state index in [0.29, 0.717) is 22.2 Å². The summed E-state index contributed by atoms with van der Waals surface area (Å²) in [5.41, 5.74) is 1.15. The Bertz CT molecular complexity index is 548. The van der Waals surface area contributed by atoms with Gasteiger partial charge < -0.3 is 4.74 Å². The number of aromatic nitrogens is 2. The molecule has 0 unspecified atom stereocenters. The van der Waals surface area contributed by atoms with Crippen molar-refractivity contribution < 1.29 is 4.74 Å². The summed E-state index contributed by atoms with van der Waals surface area (Å²) >= 11 is 5.62. The molecule has 0 fully saturated rings. The van der Waals surface area contributed by atoms with E-state index in [9.17, 15) is 0 Å². The first-order chi connectivity index (χ1) is 8.29. The van der Waals surface area contributed by atoms with E-state index in [-0.39, 0.29) is 6.61 Å². The molecule has 0 radical (unpaired) electrons. The third-order valence-corrected chi connectivity index (χ3v) is 2.27. The van der Waals surface area contributed by atoms with Crippen LogP contribution in [0.15, 0.2) is 36.4 Å². The van der Waals surface area contributed by atoms with Crippen molar-refractivity contribution in [2.24, 2.45) is 0 Å². The van der Waals surface area contributed by atoms with E-state index in [1.165, 1.54) is 0 Å². The van der Waals surface area contributed by atoms with Gasteiger partial charge in [0.2, 0.25) is 0 Å². The van der Waals surface area contributed by atoms with E-state index in [2.05, 4.69) is 16.3 Å². The zero-order chi connectivity index (χ0) is 12.1. The Morgan fingerprint density at radius 1 is 1.18 bits per heavy atom. The van der Waals surface area contributed by atoms with E-state index in [1.54, 1.807) is 30.3 Å². The zero-order valence-corrected chi connectivity index (χ0v) is 9.55. The third-order valence-electron chi connectivity index (χ3n) is 2.07. The zero-order valence-electron chi connectivity index (χ0n) is 8.80. The molecule has 17 heavy (non-hydrogen) atoms. The molecule has 0 N–H and O–H groups in total. The predicted molar refractivity (Wildman–Crippen MR) is 62.5 cm³/mol. The summed E-state index contributed by atoms with van der Waals surface area (Å²) in [6, 6.07) is 12.5. The maximum Gasteiger partial charge on any atom is 0.151 e. The first-order valence-corrected chi connectivity index (χ1v) is 5.27. The molecule has 5 heteroatoms. The summed E-state index contributed by atoms with van der Waals surface area (Å²) in [6.07, 6.45) is 0. The number of hydrogen-bond acceptors (Lipinski definition) is 4. The minimum atomic E-state index is 0.253. The summed E-state index contributed by atoms with van der Waals surface area (Å²) in [6.45, 7) is 0.253. The van der Waals surface area contributed by atoms with E-state index in [1.807, 2.05) is 6.07 Å². The van der Waals surface area contributed by atoms with E-state index >= 15 is 0 Å². The van der Waals surface area contributed by atoms with Crippen LogP contribution in [0.5, 0.6) is 5.75 Å². The fraction of sp³-hybridized carbons (Fsp3) is 0.0833. The largest absolute Gasteiger partial charge is 0.486 e. The number of rotatable bonds is 3. The number of benzene rings is 1. The first kappa shape index (κ1) is 11.4. The molecule has 0 atom stereocenters. The molecule has 0 aliphatic rings. The van der Waals surface area contributed by atoms with Gasteiger partial charge in [0.05, 0.1) is 5.56 Å². The lowest BCUT2D eigenvalue weighted by atomic mass is 10.2. The van der Waals surface area contributed by atoms with Gasteiger partial charge in [-0.25, -0.2) is 0 Å². The predicted octanol–water partition coefficient (Wildman–Crippen LogP) is 2.58. The molecular weight excluding hydrogens is 238 g/mol. The molecule has 0 aliphatic carbocycles. The lowest BCUT2D eigenvalue weighted by Crippen LogP contribution is -2.00. The molecule has 1 aromatic carbocycles. The molecule has 1 aromatic heterocycles. The van der Waals surface area contributed by atoms with Gasteiger partial charge in [0.25, 0.3) is 0 Å². The van der Waals surface area contributed by atoms with Crippen molar-refractivity contribution in [1.82, 2.24) is 10.2 Å². The minimum absolute atomic E-state index is 0.253. The van der Waals surface area contributed by atoms with E-state index in [0.717, 1.165) is 0 Å². The van der Waals surface area contributed by atoms with Gasteiger partial charge in [0, 0.05) is 0 Å². The summed E-state index contributed by atoms with van der Waals surface area (Å²) < 4.78 is 5.49. The fourth-order valence-electron chi connectivity index (χ4n) is 1.26. The average Bonchev–Trinajstić information content (AvgIpc) is 2.38. The summed E-state index contributed by atoms with van der Waals surface area (Å²) in [7, 11) is 0. The van der Waals surface area contributed by atoms with Crippen molar-refractivity contribution in [3.63, 3.8) is 0 Å². The number of ether oxygens (including phenoxy) is 1. The number of halogens is 1. The van der Waals surface area contributed by atoms with Gasteiger partial charge in [0.15, 0.2) is 5.15 Å². The molecule has 2 rings (SSSR count). The van der Waals surface area contributed by atoms with Crippen LogP contribution in [0.1, 0.15) is 11.3 Å². The van der Waals surface area contributed by atoms with E-state index in [4.69, 9.17) is 21.6 Å². The lowest BCUT2D eigenvalue weighted by Gasteiger charge is -2.06. The molecular formula is C12H8ClN3O. The van der Waals surface area contributed by atoms with Crippen molar-refractivity contribution in [1.29, 1.82) is 5.26 Å². The van der Waals surface area contributed by atoms with Crippen LogP contribution in [0.25, 0.3) is 0 Å². The van der Waals surface area contributed by atoms with Gasteiger partial charge in [-0.05, 0) is 24.3 Å². The van der Waals surface area contributed by atoms with Crippen LogP contribution in [0.4, 0.5) is 0 Å². The second-order valence-corrected chi connectivity index (χ2v) is 3.63. The van der Waals surface area contributed by atoms with Crippen LogP contribution in [0.3, 0.4) is 0 Å². The van der Waals surface area contributed by atoms with Crippen molar-refractivity contribution in [3.05, 3.63) is 52.8 Å². The second-order valence-electron chi connectivity index (χ2n) is 3.24. The van der Waals surface area contributed by atoms with Crippen LogP contribution in [-0.4, -0.2) is 10.2 Å². The molecule has 0 amide bonds. The van der Waals surface area contributed by atoms with Gasteiger partial charge in [-0.15, -0.1) is 5.10 Å². The Kier molecular flexibility index (Phi) is 3.53. The van der Waals surface area contributed by atoms with Crippen molar-refractivity contribution in [3.8, 4) is 11.8 Å². The maximum absolute atomic E-state index is 8.88. The quantitative estimate of drug-likeness (QED) is 0.834. The van der Waals surface area contributed by atoms with Crippen LogP contribution >= 0.6 is 11.6 Å². The highest BCUT2D eigenvalue weighted by Gasteiger charge is 2.03. The topological polar surface area (TPSA) is 58.8 Å². The van der Waals surface area contributed by atoms with Crippen LogP contribution in [0.2, 0.25) is 5.15 Å². The normalized spacial score (nSPS) is 9.65. The smallest absolute Gasteiger partial charge is 0.151 e. The van der Waals surface area contributed by atoms with E-state index < -0.39 is 0 Å². The lowest BCUT2D eigenvalue weighted by molar-refractivity contribution is 0.299. The number of nitrogens with zero attached hydrogens (tertiary/aromatic N) is 3. The van der Waals surface area contributed by atoms with Gasteiger partial charge in [-0.3, -0.25) is 0 Å². The monoisotopic (exact) mass is 245 g/mol. The molecule has 84 valence electrons. The highest BCUT2D eigenvalue weighted by atomic mass is 35.5. The summed E-state index contributed by atoms with van der Waals surface area (Å²) in [5.74, 6) is 0.534. The van der Waals surface area contributed by atoms with Crippen LogP contribution < -0.4 is 4.74 Å². The molecule has 0 bridgehead atoms. The first-order valence-electron chi connectivity index (χ1n) is 4.89. The molecule has 1 heterocycles. The molecule has 4 nitrogen and oxygen atoms in total. The standard InChI is InChI=1S/C12H8ClN3O/c13-12-6-5-10(15-16-12)8-17-11-4-2-1-3-9(11)7-14/h1-6H,8H2. The van der Waals surface area contributed by atoms with Crippen molar-refractivity contribution in [2.75, 3.05) is 0 Å². The maximum atomic E-state index is 8.88. The highest BCUT2D eigenvalue weighted by Crippen LogP contribution is 2.17. The highest BCUT2D eigenvalue weighted by molar-refractivity contribution is 6.29. The van der Waals surface area contributed by atoms with Gasteiger partial charge in [-0.2, -0.15) is 10.4 Å². The Morgan fingerprint density at radius 3 is 2.71 bits per heavy atom. The fourth-order valence-corrected chi connectivity index (χ4v) is 1.36. The average molecular weight is 246 g/mol. The van der Waals surface area contributed by atoms with Crippen LogP contribution in [0, 0.1) is 11.3 Å². The number of para-hydroxylation sites is 1. The van der Waals surface area contributed by atoms with Gasteiger partial charge >= 0.3 is 0 Å². The summed E-state index contributed by atoms with van der Waals surface area (Å²) in [5, 5.41) is 16.8. The Hall–Kier alpha value is -2.12. The third kappa shape index (κ3) is 2.92. The minimum Gasteiger partial charge on any atom is -0.486 e. The Balaban J connectivity index is 2.08. The number of hydrogen-bond donors (Lipinski definition) is 0. The van der Waals surface area contributed by atoms with Crippen molar-refractivity contribution >= 4 is 11.6 Å². The van der Waals surface area contributed by atoms with Crippen LogP contribution in [-0.2, 0) is 6.61 Å². The Morgan fingerprint density at radius 2 is 2.00 bits per heavy atom. The molecule has 0 saturated heterocycles. The second kappa shape index (κ2) is 5.28. The molecule has 2 aromatic rings. The Labute approximate surface area is 103 Å². The SMILES string of the molecule is N#Cc1ccccc1OCc1ccc(Cl)nn1.